The van der Waals surface area contributed by atoms with Gasteiger partial charge in [-0.15, -0.1) is 0 Å². The maximum atomic E-state index is 11.3. The van der Waals surface area contributed by atoms with E-state index in [9.17, 15) is 4.79 Å². The summed E-state index contributed by atoms with van der Waals surface area (Å²) in [7, 11) is 0. The summed E-state index contributed by atoms with van der Waals surface area (Å²) >= 11 is 0. The molecule has 0 aromatic heterocycles. The van der Waals surface area contributed by atoms with Crippen molar-refractivity contribution in [3.05, 3.63) is 23.8 Å². The molecule has 0 aliphatic heterocycles. The molecule has 0 heterocycles. The molecule has 0 saturated heterocycles. The molecule has 0 atom stereocenters. The van der Waals surface area contributed by atoms with Gasteiger partial charge in [-0.3, -0.25) is 4.79 Å². The van der Waals surface area contributed by atoms with E-state index in [-0.39, 0.29) is 12.5 Å². The van der Waals surface area contributed by atoms with Crippen molar-refractivity contribution in [1.29, 1.82) is 0 Å². The average molecular weight is 222 g/mol. The molecule has 0 radical (unpaired) electrons. The number of hydrogen-bond donors (Lipinski definition) is 2. The van der Waals surface area contributed by atoms with Crippen LogP contribution in [-0.4, -0.2) is 19.1 Å². The first-order valence-electron chi connectivity index (χ1n) is 5.39. The van der Waals surface area contributed by atoms with E-state index in [2.05, 4.69) is 5.32 Å². The minimum absolute atomic E-state index is 0.0450. The van der Waals surface area contributed by atoms with Crippen LogP contribution in [0.3, 0.4) is 0 Å². The van der Waals surface area contributed by atoms with Crippen LogP contribution in [0.2, 0.25) is 0 Å². The van der Waals surface area contributed by atoms with Crippen molar-refractivity contribution in [2.45, 2.75) is 20.3 Å². The molecule has 4 nitrogen and oxygen atoms in total. The second-order valence-corrected chi connectivity index (χ2v) is 3.66. The number of aryl methyl sites for hydroxylation is 1. The number of hydrogen-bond acceptors (Lipinski definition) is 3. The fourth-order valence-electron chi connectivity index (χ4n) is 1.20. The number of carbonyl (C=O) groups excluding carboxylic acids is 1. The Kier molecular flexibility index (Phi) is 4.64. The Bertz CT molecular complexity index is 364. The van der Waals surface area contributed by atoms with Gasteiger partial charge in [-0.1, -0.05) is 6.92 Å². The van der Waals surface area contributed by atoms with Gasteiger partial charge in [-0.25, -0.2) is 0 Å². The topological polar surface area (TPSA) is 64.3 Å². The third-order valence-electron chi connectivity index (χ3n) is 2.18. The highest BCUT2D eigenvalue weighted by Gasteiger charge is 2.02. The van der Waals surface area contributed by atoms with Gasteiger partial charge in [0.15, 0.2) is 6.61 Å². The van der Waals surface area contributed by atoms with Crippen LogP contribution in [0.4, 0.5) is 5.69 Å². The molecule has 3 N–H and O–H groups in total. The molecule has 4 heteroatoms. The number of ether oxygens (including phenoxy) is 1. The Hall–Kier alpha value is -1.71. The summed E-state index contributed by atoms with van der Waals surface area (Å²) in [6, 6.07) is 5.35. The number of amides is 1. The lowest BCUT2D eigenvalue weighted by molar-refractivity contribution is -0.123. The van der Waals surface area contributed by atoms with Crippen LogP contribution in [0.5, 0.6) is 5.75 Å². The Morgan fingerprint density at radius 2 is 2.25 bits per heavy atom. The number of anilines is 1. The first kappa shape index (κ1) is 12.4. The molecular weight excluding hydrogens is 204 g/mol. The minimum Gasteiger partial charge on any atom is -0.484 e. The predicted molar refractivity (Wildman–Crippen MR) is 64.4 cm³/mol. The normalized spacial score (nSPS) is 9.88. The lowest BCUT2D eigenvalue weighted by Crippen LogP contribution is -2.29. The molecule has 88 valence electrons. The second kappa shape index (κ2) is 6.00. The molecule has 0 aliphatic carbocycles. The van der Waals surface area contributed by atoms with E-state index in [1.54, 1.807) is 12.1 Å². The van der Waals surface area contributed by atoms with Crippen LogP contribution in [0.25, 0.3) is 0 Å². The molecule has 0 bridgehead atoms. The zero-order valence-electron chi connectivity index (χ0n) is 9.75. The van der Waals surface area contributed by atoms with Crippen molar-refractivity contribution in [2.75, 3.05) is 18.9 Å². The molecule has 1 aromatic rings. The number of nitrogens with one attached hydrogen (secondary N) is 1. The minimum atomic E-state index is -0.101. The highest BCUT2D eigenvalue weighted by molar-refractivity contribution is 5.77. The predicted octanol–water partition coefficient (Wildman–Crippen LogP) is 1.48. The van der Waals surface area contributed by atoms with E-state index in [1.165, 1.54) is 0 Å². The van der Waals surface area contributed by atoms with Crippen LogP contribution < -0.4 is 15.8 Å². The molecule has 1 rings (SSSR count). The first-order valence-corrected chi connectivity index (χ1v) is 5.39. The van der Waals surface area contributed by atoms with Crippen LogP contribution in [0.15, 0.2) is 18.2 Å². The molecule has 1 aromatic carbocycles. The van der Waals surface area contributed by atoms with Crippen LogP contribution in [0.1, 0.15) is 18.9 Å². The number of nitrogen functional groups attached to an aromatic ring is 1. The van der Waals surface area contributed by atoms with E-state index >= 15 is 0 Å². The van der Waals surface area contributed by atoms with E-state index in [1.807, 2.05) is 19.9 Å². The highest BCUT2D eigenvalue weighted by atomic mass is 16.5. The second-order valence-electron chi connectivity index (χ2n) is 3.66. The number of benzene rings is 1. The summed E-state index contributed by atoms with van der Waals surface area (Å²) in [5, 5.41) is 2.74. The smallest absolute Gasteiger partial charge is 0.257 e. The van der Waals surface area contributed by atoms with Crippen molar-refractivity contribution in [3.63, 3.8) is 0 Å². The molecule has 0 spiro atoms. The summed E-state index contributed by atoms with van der Waals surface area (Å²) in [4.78, 5) is 11.3. The fourth-order valence-corrected chi connectivity index (χ4v) is 1.20. The van der Waals surface area contributed by atoms with Crippen LogP contribution >= 0.6 is 0 Å². The van der Waals surface area contributed by atoms with Crippen LogP contribution in [-0.2, 0) is 4.79 Å². The highest BCUT2D eigenvalue weighted by Crippen LogP contribution is 2.18. The van der Waals surface area contributed by atoms with Crippen molar-refractivity contribution in [2.24, 2.45) is 0 Å². The summed E-state index contributed by atoms with van der Waals surface area (Å²) in [6.45, 7) is 4.64. The van der Waals surface area contributed by atoms with Gasteiger partial charge in [0.2, 0.25) is 0 Å². The van der Waals surface area contributed by atoms with Gasteiger partial charge >= 0.3 is 0 Å². The van der Waals surface area contributed by atoms with E-state index in [0.717, 1.165) is 17.7 Å². The summed E-state index contributed by atoms with van der Waals surface area (Å²) in [5.74, 6) is 0.565. The number of nitrogens with two attached hydrogens (primary N) is 1. The van der Waals surface area contributed by atoms with Crippen LogP contribution in [0, 0.1) is 6.92 Å². The molecule has 1 amide bonds. The SMILES string of the molecule is CCCNC(=O)COc1ccc(N)c(C)c1. The van der Waals surface area contributed by atoms with Gasteiger partial charge in [0.1, 0.15) is 5.75 Å². The quantitative estimate of drug-likeness (QED) is 0.742. The van der Waals surface area contributed by atoms with Gasteiger partial charge in [-0.05, 0) is 37.1 Å². The van der Waals surface area contributed by atoms with E-state index < -0.39 is 0 Å². The molecule has 0 saturated carbocycles. The molecule has 0 unspecified atom stereocenters. The van der Waals surface area contributed by atoms with Gasteiger partial charge in [0.25, 0.3) is 5.91 Å². The zero-order chi connectivity index (χ0) is 12.0. The maximum Gasteiger partial charge on any atom is 0.257 e. The van der Waals surface area contributed by atoms with Gasteiger partial charge in [0.05, 0.1) is 0 Å². The Balaban J connectivity index is 2.42. The Morgan fingerprint density at radius 1 is 1.50 bits per heavy atom. The molecule has 16 heavy (non-hydrogen) atoms. The van der Waals surface area contributed by atoms with E-state index in [0.29, 0.717) is 12.3 Å². The third-order valence-corrected chi connectivity index (χ3v) is 2.18. The summed E-state index contributed by atoms with van der Waals surface area (Å²) < 4.78 is 5.33. The maximum absolute atomic E-state index is 11.3. The van der Waals surface area contributed by atoms with Crippen molar-refractivity contribution in [1.82, 2.24) is 5.32 Å². The summed E-state index contributed by atoms with van der Waals surface area (Å²) in [5.41, 5.74) is 7.35. The van der Waals surface area contributed by atoms with Crippen molar-refractivity contribution in [3.8, 4) is 5.75 Å². The van der Waals surface area contributed by atoms with E-state index in [4.69, 9.17) is 10.5 Å². The molecule has 0 aliphatic rings. The average Bonchev–Trinajstić information content (AvgIpc) is 2.28. The zero-order valence-corrected chi connectivity index (χ0v) is 9.75. The van der Waals surface area contributed by atoms with Gasteiger partial charge in [-0.2, -0.15) is 0 Å². The summed E-state index contributed by atoms with van der Waals surface area (Å²) in [6.07, 6.45) is 0.923. The fraction of sp³-hybridized carbons (Fsp3) is 0.417. The Morgan fingerprint density at radius 3 is 2.88 bits per heavy atom. The number of rotatable bonds is 5. The van der Waals surface area contributed by atoms with Crippen molar-refractivity contribution < 1.29 is 9.53 Å². The monoisotopic (exact) mass is 222 g/mol. The molecule has 0 fully saturated rings. The van der Waals surface area contributed by atoms with Gasteiger partial charge in [0, 0.05) is 12.2 Å². The Labute approximate surface area is 95.8 Å². The first-order chi connectivity index (χ1) is 7.63. The van der Waals surface area contributed by atoms with Gasteiger partial charge < -0.3 is 15.8 Å². The number of carbonyl (C=O) groups is 1. The standard InChI is InChI=1S/C12H18N2O2/c1-3-6-14-12(15)8-16-10-4-5-11(13)9(2)7-10/h4-5,7H,3,6,8,13H2,1-2H3,(H,14,15). The largest absolute Gasteiger partial charge is 0.484 e. The lowest BCUT2D eigenvalue weighted by atomic mass is 10.2. The van der Waals surface area contributed by atoms with Crippen molar-refractivity contribution >= 4 is 11.6 Å². The lowest BCUT2D eigenvalue weighted by Gasteiger charge is -2.08. The molecular formula is C12H18N2O2. The third kappa shape index (κ3) is 3.81.